The smallest absolute Gasteiger partial charge is 0.335 e. The van der Waals surface area contributed by atoms with Crippen LogP contribution in [-0.2, 0) is 4.79 Å². The number of amides is 1. The minimum Gasteiger partial charge on any atom is -0.478 e. The molecule has 0 atom stereocenters. The van der Waals surface area contributed by atoms with Gasteiger partial charge in [-0.1, -0.05) is 24.4 Å². The molecule has 0 unspecified atom stereocenters. The van der Waals surface area contributed by atoms with Crippen molar-refractivity contribution in [2.45, 2.75) is 32.1 Å². The number of hydrogen-bond donors (Lipinski definition) is 2. The molecule has 1 saturated carbocycles. The summed E-state index contributed by atoms with van der Waals surface area (Å²) >= 11 is 5.95. The second-order valence-electron chi connectivity index (χ2n) is 4.90. The molecule has 1 fully saturated rings. The van der Waals surface area contributed by atoms with Gasteiger partial charge in [0.05, 0.1) is 16.3 Å². The molecule has 1 aliphatic carbocycles. The van der Waals surface area contributed by atoms with E-state index in [4.69, 9.17) is 16.7 Å². The van der Waals surface area contributed by atoms with E-state index in [0.717, 1.165) is 12.8 Å². The van der Waals surface area contributed by atoms with Crippen LogP contribution in [0.5, 0.6) is 0 Å². The lowest BCUT2D eigenvalue weighted by atomic mass is 10.0. The van der Waals surface area contributed by atoms with Gasteiger partial charge in [-0.15, -0.1) is 0 Å². The van der Waals surface area contributed by atoms with Crippen LogP contribution in [0.1, 0.15) is 42.5 Å². The third-order valence-corrected chi connectivity index (χ3v) is 3.77. The molecule has 0 heterocycles. The highest BCUT2D eigenvalue weighted by molar-refractivity contribution is 6.33. The van der Waals surface area contributed by atoms with E-state index < -0.39 is 5.97 Å². The maximum absolute atomic E-state index is 11.9. The van der Waals surface area contributed by atoms with Crippen molar-refractivity contribution in [1.29, 1.82) is 0 Å². The van der Waals surface area contributed by atoms with Crippen LogP contribution >= 0.6 is 11.6 Å². The largest absolute Gasteiger partial charge is 0.478 e. The quantitative estimate of drug-likeness (QED) is 0.887. The fourth-order valence-electron chi connectivity index (χ4n) is 2.43. The molecule has 0 aliphatic heterocycles. The first-order valence-corrected chi connectivity index (χ1v) is 6.77. The molecule has 1 aliphatic rings. The molecule has 0 saturated heterocycles. The average molecular weight is 282 g/mol. The Morgan fingerprint density at radius 3 is 2.63 bits per heavy atom. The van der Waals surface area contributed by atoms with E-state index in [9.17, 15) is 9.59 Å². The average Bonchev–Trinajstić information content (AvgIpc) is 2.84. The summed E-state index contributed by atoms with van der Waals surface area (Å²) in [5.74, 6) is -0.694. The van der Waals surface area contributed by atoms with E-state index in [-0.39, 0.29) is 11.5 Å². The van der Waals surface area contributed by atoms with E-state index in [1.54, 1.807) is 0 Å². The second-order valence-corrected chi connectivity index (χ2v) is 5.31. The zero-order valence-electron chi connectivity index (χ0n) is 10.5. The molecule has 1 aromatic carbocycles. The van der Waals surface area contributed by atoms with Crippen molar-refractivity contribution in [3.63, 3.8) is 0 Å². The van der Waals surface area contributed by atoms with E-state index in [1.807, 2.05) is 0 Å². The van der Waals surface area contributed by atoms with Gasteiger partial charge < -0.3 is 10.4 Å². The van der Waals surface area contributed by atoms with Crippen molar-refractivity contribution in [2.75, 3.05) is 5.32 Å². The van der Waals surface area contributed by atoms with E-state index >= 15 is 0 Å². The van der Waals surface area contributed by atoms with Gasteiger partial charge in [0, 0.05) is 6.42 Å². The number of benzene rings is 1. The van der Waals surface area contributed by atoms with Gasteiger partial charge in [0.2, 0.25) is 5.91 Å². The fraction of sp³-hybridized carbons (Fsp3) is 0.429. The van der Waals surface area contributed by atoms with E-state index in [1.165, 1.54) is 31.0 Å². The monoisotopic (exact) mass is 281 g/mol. The van der Waals surface area contributed by atoms with Gasteiger partial charge in [-0.2, -0.15) is 0 Å². The number of carbonyl (C=O) groups is 2. The van der Waals surface area contributed by atoms with Gasteiger partial charge in [-0.05, 0) is 37.0 Å². The normalized spacial score (nSPS) is 15.4. The third-order valence-electron chi connectivity index (χ3n) is 3.44. The van der Waals surface area contributed by atoms with Crippen molar-refractivity contribution >= 4 is 29.2 Å². The zero-order chi connectivity index (χ0) is 13.8. The van der Waals surface area contributed by atoms with E-state index in [0.29, 0.717) is 23.0 Å². The van der Waals surface area contributed by atoms with Gasteiger partial charge in [0.15, 0.2) is 0 Å². The number of carbonyl (C=O) groups excluding carboxylic acids is 1. The third kappa shape index (κ3) is 3.70. The Kier molecular flexibility index (Phi) is 4.43. The molecule has 0 spiro atoms. The first-order valence-electron chi connectivity index (χ1n) is 6.39. The van der Waals surface area contributed by atoms with Gasteiger partial charge in [-0.25, -0.2) is 4.79 Å². The lowest BCUT2D eigenvalue weighted by molar-refractivity contribution is -0.117. The second kappa shape index (κ2) is 6.06. The highest BCUT2D eigenvalue weighted by atomic mass is 35.5. The molecule has 0 bridgehead atoms. The van der Waals surface area contributed by atoms with Gasteiger partial charge >= 0.3 is 5.97 Å². The summed E-state index contributed by atoms with van der Waals surface area (Å²) in [5.41, 5.74) is 0.477. The van der Waals surface area contributed by atoms with Crippen LogP contribution in [0.15, 0.2) is 18.2 Å². The van der Waals surface area contributed by atoms with Crippen LogP contribution in [0.25, 0.3) is 0 Å². The summed E-state index contributed by atoms with van der Waals surface area (Å²) in [6.45, 7) is 0. The Labute approximate surface area is 116 Å². The summed E-state index contributed by atoms with van der Waals surface area (Å²) in [6.07, 6.45) is 5.04. The summed E-state index contributed by atoms with van der Waals surface area (Å²) < 4.78 is 0. The first-order chi connectivity index (χ1) is 9.06. The Hall–Kier alpha value is -1.55. The number of halogens is 1. The van der Waals surface area contributed by atoms with Crippen LogP contribution in [0, 0.1) is 5.92 Å². The minimum absolute atomic E-state index is 0.101. The van der Waals surface area contributed by atoms with E-state index in [2.05, 4.69) is 5.32 Å². The Morgan fingerprint density at radius 1 is 1.32 bits per heavy atom. The maximum Gasteiger partial charge on any atom is 0.335 e. The number of carboxylic acids is 1. The van der Waals surface area contributed by atoms with Crippen LogP contribution < -0.4 is 5.32 Å². The van der Waals surface area contributed by atoms with Gasteiger partial charge in [0.1, 0.15) is 0 Å². The van der Waals surface area contributed by atoms with Gasteiger partial charge in [-0.3, -0.25) is 4.79 Å². The first kappa shape index (κ1) is 13.9. The summed E-state index contributed by atoms with van der Waals surface area (Å²) in [5, 5.41) is 12.0. The summed E-state index contributed by atoms with van der Waals surface area (Å²) in [4.78, 5) is 22.8. The highest BCUT2D eigenvalue weighted by Gasteiger charge is 2.19. The molecule has 2 rings (SSSR count). The number of rotatable bonds is 4. The van der Waals surface area contributed by atoms with Gasteiger partial charge in [0.25, 0.3) is 0 Å². The maximum atomic E-state index is 11.9. The number of aromatic carboxylic acids is 1. The molecule has 2 N–H and O–H groups in total. The standard InChI is InChI=1S/C14H16ClNO3/c15-11-6-5-10(14(18)19)8-12(11)16-13(17)7-9-3-1-2-4-9/h5-6,8-9H,1-4,7H2,(H,16,17)(H,18,19). The zero-order valence-corrected chi connectivity index (χ0v) is 11.2. The molecule has 0 aromatic heterocycles. The molecule has 0 radical (unpaired) electrons. The predicted octanol–water partition coefficient (Wildman–Crippen LogP) is 3.56. The van der Waals surface area contributed by atoms with Crippen LogP contribution in [0.3, 0.4) is 0 Å². The van der Waals surface area contributed by atoms with Crippen LogP contribution in [0.2, 0.25) is 5.02 Å². The molecule has 102 valence electrons. The molecular weight excluding hydrogens is 266 g/mol. The lowest BCUT2D eigenvalue weighted by Crippen LogP contribution is -2.15. The molecule has 19 heavy (non-hydrogen) atoms. The fourth-order valence-corrected chi connectivity index (χ4v) is 2.60. The minimum atomic E-state index is -1.04. The Balaban J connectivity index is 2.02. The Morgan fingerprint density at radius 2 is 2.00 bits per heavy atom. The summed E-state index contributed by atoms with van der Waals surface area (Å²) in [7, 11) is 0. The highest BCUT2D eigenvalue weighted by Crippen LogP contribution is 2.29. The van der Waals surface area contributed by atoms with Crippen LogP contribution in [-0.4, -0.2) is 17.0 Å². The summed E-state index contributed by atoms with van der Waals surface area (Å²) in [6, 6.07) is 4.28. The van der Waals surface area contributed by atoms with Crippen molar-refractivity contribution in [1.82, 2.24) is 0 Å². The van der Waals surface area contributed by atoms with Crippen LogP contribution in [0.4, 0.5) is 5.69 Å². The SMILES string of the molecule is O=C(CC1CCCC1)Nc1cc(C(=O)O)ccc1Cl. The van der Waals surface area contributed by atoms with Crippen molar-refractivity contribution in [3.05, 3.63) is 28.8 Å². The van der Waals surface area contributed by atoms with Crippen molar-refractivity contribution in [3.8, 4) is 0 Å². The lowest BCUT2D eigenvalue weighted by Gasteiger charge is -2.11. The Bertz CT molecular complexity index is 495. The topological polar surface area (TPSA) is 66.4 Å². The van der Waals surface area contributed by atoms with Crippen molar-refractivity contribution in [2.24, 2.45) is 5.92 Å². The van der Waals surface area contributed by atoms with Crippen molar-refractivity contribution < 1.29 is 14.7 Å². The molecular formula is C14H16ClNO3. The molecule has 1 amide bonds. The number of nitrogens with one attached hydrogen (secondary N) is 1. The molecule has 5 heteroatoms. The number of carboxylic acid groups (broad SMARTS) is 1. The number of anilines is 1. The molecule has 4 nitrogen and oxygen atoms in total. The number of hydrogen-bond acceptors (Lipinski definition) is 2. The predicted molar refractivity (Wildman–Crippen MR) is 73.6 cm³/mol. The molecule has 1 aromatic rings.